The van der Waals surface area contributed by atoms with Crippen molar-refractivity contribution in [1.82, 2.24) is 19.6 Å². The van der Waals surface area contributed by atoms with Gasteiger partial charge in [-0.1, -0.05) is 23.2 Å². The molecule has 0 amide bonds. The monoisotopic (exact) mass is 304 g/mol. The van der Waals surface area contributed by atoms with Gasteiger partial charge >= 0.3 is 0 Å². The molecule has 20 heavy (non-hydrogen) atoms. The van der Waals surface area contributed by atoms with E-state index in [1.807, 2.05) is 24.4 Å². The third-order valence-corrected chi connectivity index (χ3v) is 4.09. The molecule has 1 aliphatic carbocycles. The van der Waals surface area contributed by atoms with E-state index in [4.69, 9.17) is 23.2 Å². The summed E-state index contributed by atoms with van der Waals surface area (Å²) in [6.45, 7) is 0. The quantitative estimate of drug-likeness (QED) is 0.725. The van der Waals surface area contributed by atoms with Crippen LogP contribution in [0.15, 0.2) is 36.8 Å². The first-order chi connectivity index (χ1) is 9.72. The molecule has 1 saturated carbocycles. The third-order valence-electron chi connectivity index (χ3n) is 3.68. The van der Waals surface area contributed by atoms with Gasteiger partial charge in [-0.2, -0.15) is 5.10 Å². The number of fused-ring (bicyclic) bond motifs is 1. The smallest absolute Gasteiger partial charge is 0.157 e. The molecule has 0 bridgehead atoms. The highest BCUT2D eigenvalue weighted by Crippen LogP contribution is 2.55. The Morgan fingerprint density at radius 1 is 1.15 bits per heavy atom. The van der Waals surface area contributed by atoms with Gasteiger partial charge in [0.25, 0.3) is 0 Å². The molecule has 2 atom stereocenters. The van der Waals surface area contributed by atoms with Gasteiger partial charge in [0.05, 0.1) is 5.02 Å². The summed E-state index contributed by atoms with van der Waals surface area (Å²) in [4.78, 5) is 8.76. The van der Waals surface area contributed by atoms with E-state index in [9.17, 15) is 0 Å². The minimum atomic E-state index is 0.397. The maximum absolute atomic E-state index is 6.07. The van der Waals surface area contributed by atoms with Crippen LogP contribution in [0.1, 0.15) is 29.5 Å². The number of hydrogen-bond donors (Lipinski definition) is 0. The lowest BCUT2D eigenvalue weighted by molar-refractivity contribution is 0.899. The van der Waals surface area contributed by atoms with Gasteiger partial charge in [-0.3, -0.25) is 4.98 Å². The summed E-state index contributed by atoms with van der Waals surface area (Å²) in [5, 5.41) is 5.35. The van der Waals surface area contributed by atoms with Gasteiger partial charge in [-0.15, -0.1) is 0 Å². The zero-order chi connectivity index (χ0) is 13.7. The van der Waals surface area contributed by atoms with E-state index in [-0.39, 0.29) is 0 Å². The Kier molecular flexibility index (Phi) is 2.69. The molecule has 0 radical (unpaired) electrons. The molecule has 0 aliphatic heterocycles. The molecule has 0 aromatic carbocycles. The Bertz CT molecular complexity index is 781. The van der Waals surface area contributed by atoms with Gasteiger partial charge in [0.15, 0.2) is 5.65 Å². The molecule has 1 fully saturated rings. The van der Waals surface area contributed by atoms with Gasteiger partial charge in [0.1, 0.15) is 5.15 Å². The van der Waals surface area contributed by atoms with Gasteiger partial charge < -0.3 is 0 Å². The molecule has 0 spiro atoms. The van der Waals surface area contributed by atoms with E-state index in [0.29, 0.717) is 22.0 Å². The van der Waals surface area contributed by atoms with Gasteiger partial charge in [-0.05, 0) is 30.5 Å². The van der Waals surface area contributed by atoms with Crippen LogP contribution >= 0.6 is 23.2 Å². The second-order valence-electron chi connectivity index (χ2n) is 4.97. The fourth-order valence-corrected chi connectivity index (χ4v) is 2.96. The molecule has 0 N–H and O–H groups in total. The molecule has 100 valence electrons. The van der Waals surface area contributed by atoms with Crippen molar-refractivity contribution >= 4 is 28.8 Å². The molecule has 3 heterocycles. The molecule has 1 aliphatic rings. The second kappa shape index (κ2) is 4.43. The van der Waals surface area contributed by atoms with E-state index in [1.165, 1.54) is 0 Å². The molecule has 4 rings (SSSR count). The minimum Gasteiger partial charge on any atom is -0.259 e. The lowest BCUT2D eigenvalue weighted by atomic mass is 10.1. The Balaban J connectivity index is 1.72. The van der Waals surface area contributed by atoms with Crippen molar-refractivity contribution in [1.29, 1.82) is 0 Å². The molecule has 3 aromatic heterocycles. The number of aromatic nitrogens is 4. The van der Waals surface area contributed by atoms with Crippen molar-refractivity contribution in [3.63, 3.8) is 0 Å². The van der Waals surface area contributed by atoms with Crippen molar-refractivity contribution in [3.8, 4) is 0 Å². The van der Waals surface area contributed by atoms with E-state index in [0.717, 1.165) is 23.3 Å². The van der Waals surface area contributed by atoms with Crippen LogP contribution in [0.4, 0.5) is 0 Å². The summed E-state index contributed by atoms with van der Waals surface area (Å²) in [5.41, 5.74) is 3.07. The van der Waals surface area contributed by atoms with Crippen molar-refractivity contribution in [2.45, 2.75) is 18.3 Å². The summed E-state index contributed by atoms with van der Waals surface area (Å²) < 4.78 is 1.72. The van der Waals surface area contributed by atoms with E-state index in [2.05, 4.69) is 15.1 Å². The van der Waals surface area contributed by atoms with E-state index in [1.54, 1.807) is 16.9 Å². The summed E-state index contributed by atoms with van der Waals surface area (Å²) in [7, 11) is 0. The minimum absolute atomic E-state index is 0.397. The van der Waals surface area contributed by atoms with Gasteiger partial charge in [0, 0.05) is 35.8 Å². The highest BCUT2D eigenvalue weighted by molar-refractivity contribution is 6.30. The third kappa shape index (κ3) is 1.96. The standard InChI is InChI=1S/C14H10Cl2N4/c15-8-1-2-12(18-7-8)10-5-9(10)11-6-13(16)19-20-4-3-17-14(11)20/h1-4,6-7,9-10H,5H2/t9-,10-/m0/s1. The van der Waals surface area contributed by atoms with Crippen LogP contribution in [0.5, 0.6) is 0 Å². The Labute approximate surface area is 125 Å². The van der Waals surface area contributed by atoms with Crippen LogP contribution in [0, 0.1) is 0 Å². The predicted octanol–water partition coefficient (Wildman–Crippen LogP) is 3.70. The van der Waals surface area contributed by atoms with E-state index < -0.39 is 0 Å². The number of halogens is 2. The maximum atomic E-state index is 6.07. The SMILES string of the molecule is Clc1ccc([C@H]2C[C@@H]2c2cc(Cl)nn3ccnc23)nc1. The number of nitrogens with zero attached hydrogens (tertiary/aromatic N) is 4. The maximum Gasteiger partial charge on any atom is 0.157 e. The summed E-state index contributed by atoms with van der Waals surface area (Å²) >= 11 is 11.9. The van der Waals surface area contributed by atoms with Crippen LogP contribution in [-0.2, 0) is 0 Å². The first kappa shape index (κ1) is 12.1. The zero-order valence-electron chi connectivity index (χ0n) is 10.4. The average Bonchev–Trinajstić information content (AvgIpc) is 3.09. The lowest BCUT2D eigenvalue weighted by Crippen LogP contribution is -1.97. The highest BCUT2D eigenvalue weighted by Gasteiger charge is 2.42. The normalized spacial score (nSPS) is 21.3. The Morgan fingerprint density at radius 2 is 2.05 bits per heavy atom. The first-order valence-corrected chi connectivity index (χ1v) is 7.09. The summed E-state index contributed by atoms with van der Waals surface area (Å²) in [6.07, 6.45) is 6.29. The van der Waals surface area contributed by atoms with Crippen LogP contribution in [-0.4, -0.2) is 19.6 Å². The summed E-state index contributed by atoms with van der Waals surface area (Å²) in [5.74, 6) is 0.806. The van der Waals surface area contributed by atoms with Gasteiger partial charge in [-0.25, -0.2) is 9.50 Å². The van der Waals surface area contributed by atoms with Crippen LogP contribution < -0.4 is 0 Å². The largest absolute Gasteiger partial charge is 0.259 e. The van der Waals surface area contributed by atoms with Crippen LogP contribution in [0.25, 0.3) is 5.65 Å². The van der Waals surface area contributed by atoms with Crippen LogP contribution in [0.2, 0.25) is 10.2 Å². The fourth-order valence-electron chi connectivity index (χ4n) is 2.65. The molecule has 0 unspecified atom stereocenters. The molecule has 3 aromatic rings. The first-order valence-electron chi connectivity index (χ1n) is 6.33. The molecule has 6 heteroatoms. The number of hydrogen-bond acceptors (Lipinski definition) is 3. The van der Waals surface area contributed by atoms with Crippen LogP contribution in [0.3, 0.4) is 0 Å². The van der Waals surface area contributed by atoms with Crippen molar-refractivity contribution in [2.24, 2.45) is 0 Å². The Hall–Kier alpha value is -1.65. The molecule has 0 saturated heterocycles. The van der Waals surface area contributed by atoms with Crippen molar-refractivity contribution in [2.75, 3.05) is 0 Å². The number of pyridine rings is 1. The second-order valence-corrected chi connectivity index (χ2v) is 5.79. The topological polar surface area (TPSA) is 43.1 Å². The van der Waals surface area contributed by atoms with Crippen molar-refractivity contribution in [3.05, 3.63) is 58.2 Å². The molecular formula is C14H10Cl2N4. The zero-order valence-corrected chi connectivity index (χ0v) is 11.9. The lowest BCUT2D eigenvalue weighted by Gasteiger charge is -2.04. The predicted molar refractivity (Wildman–Crippen MR) is 77.3 cm³/mol. The fraction of sp³-hybridized carbons (Fsp3) is 0.214. The van der Waals surface area contributed by atoms with E-state index >= 15 is 0 Å². The highest BCUT2D eigenvalue weighted by atomic mass is 35.5. The molecule has 4 nitrogen and oxygen atoms in total. The van der Waals surface area contributed by atoms with Crippen molar-refractivity contribution < 1.29 is 0 Å². The number of imidazole rings is 1. The average molecular weight is 305 g/mol. The number of rotatable bonds is 2. The summed E-state index contributed by atoms with van der Waals surface area (Å²) in [6, 6.07) is 5.77. The molecular weight excluding hydrogens is 295 g/mol. The Morgan fingerprint density at radius 3 is 2.85 bits per heavy atom. The van der Waals surface area contributed by atoms with Gasteiger partial charge in [0.2, 0.25) is 0 Å².